The van der Waals surface area contributed by atoms with Crippen LogP contribution < -0.4 is 5.32 Å². The van der Waals surface area contributed by atoms with Crippen LogP contribution in [0.4, 0.5) is 5.69 Å². The number of aryl methyl sites for hydroxylation is 1. The Hall–Kier alpha value is -0.760. The molecule has 2 atom stereocenters. The van der Waals surface area contributed by atoms with Gasteiger partial charge in [-0.15, -0.1) is 11.6 Å². The average molecular weight is 239 g/mol. The molecule has 3 heteroatoms. The number of nitrogens with zero attached hydrogens (tertiary/aromatic N) is 1. The van der Waals surface area contributed by atoms with Crippen LogP contribution in [0.25, 0.3) is 0 Å². The highest BCUT2D eigenvalue weighted by Crippen LogP contribution is 2.28. The molecule has 2 unspecified atom stereocenters. The molecule has 16 heavy (non-hydrogen) atoms. The maximum Gasteiger partial charge on any atom is 0.0403 e. The fourth-order valence-electron chi connectivity index (χ4n) is 2.42. The summed E-state index contributed by atoms with van der Waals surface area (Å²) >= 11 is 6.03. The first-order valence-corrected chi connectivity index (χ1v) is 6.58. The van der Waals surface area contributed by atoms with Crippen LogP contribution in [0.15, 0.2) is 18.5 Å². The van der Waals surface area contributed by atoms with Gasteiger partial charge in [-0.05, 0) is 37.3 Å². The molecule has 1 aromatic heterocycles. The summed E-state index contributed by atoms with van der Waals surface area (Å²) in [5.74, 6) is 1.38. The molecule has 0 bridgehead atoms. The van der Waals surface area contributed by atoms with Crippen molar-refractivity contribution in [3.05, 3.63) is 24.0 Å². The molecule has 0 spiro atoms. The molecule has 1 aliphatic carbocycles. The van der Waals surface area contributed by atoms with E-state index >= 15 is 0 Å². The number of nitrogens with one attached hydrogen (secondary N) is 1. The van der Waals surface area contributed by atoms with Crippen molar-refractivity contribution in [3.63, 3.8) is 0 Å². The van der Waals surface area contributed by atoms with E-state index in [0.717, 1.165) is 5.88 Å². The fraction of sp³-hybridized carbons (Fsp3) is 0.615. The Bertz CT molecular complexity index is 340. The van der Waals surface area contributed by atoms with Crippen molar-refractivity contribution < 1.29 is 0 Å². The molecule has 0 aromatic carbocycles. The number of hydrogen-bond donors (Lipinski definition) is 1. The Balaban J connectivity index is 2.05. The summed E-state index contributed by atoms with van der Waals surface area (Å²) in [6.07, 6.45) is 8.87. The zero-order chi connectivity index (χ0) is 11.4. The number of hydrogen-bond acceptors (Lipinski definition) is 2. The molecular weight excluding hydrogens is 220 g/mol. The monoisotopic (exact) mass is 238 g/mol. The second-order valence-electron chi connectivity index (χ2n) is 4.64. The summed E-state index contributed by atoms with van der Waals surface area (Å²) in [5, 5.41) is 3.63. The Morgan fingerprint density at radius 3 is 3.00 bits per heavy atom. The predicted octanol–water partition coefficient (Wildman–Crippen LogP) is 3.60. The van der Waals surface area contributed by atoms with Crippen molar-refractivity contribution >= 4 is 17.3 Å². The van der Waals surface area contributed by atoms with Crippen LogP contribution in [0.1, 0.15) is 31.2 Å². The molecule has 88 valence electrons. The van der Waals surface area contributed by atoms with Gasteiger partial charge in [-0.2, -0.15) is 0 Å². The Morgan fingerprint density at radius 2 is 2.25 bits per heavy atom. The van der Waals surface area contributed by atoms with Gasteiger partial charge in [-0.1, -0.05) is 12.8 Å². The lowest BCUT2D eigenvalue weighted by Crippen LogP contribution is -2.33. The Morgan fingerprint density at radius 1 is 1.44 bits per heavy atom. The zero-order valence-corrected chi connectivity index (χ0v) is 10.5. The van der Waals surface area contributed by atoms with E-state index in [1.165, 1.54) is 36.9 Å². The molecule has 1 saturated carbocycles. The van der Waals surface area contributed by atoms with Crippen molar-refractivity contribution in [1.82, 2.24) is 4.98 Å². The van der Waals surface area contributed by atoms with Gasteiger partial charge in [0.25, 0.3) is 0 Å². The van der Waals surface area contributed by atoms with Gasteiger partial charge < -0.3 is 5.32 Å². The van der Waals surface area contributed by atoms with E-state index in [-0.39, 0.29) is 0 Å². The van der Waals surface area contributed by atoms with Crippen LogP contribution in [-0.4, -0.2) is 16.9 Å². The first-order valence-electron chi connectivity index (χ1n) is 6.04. The molecule has 0 amide bonds. The second-order valence-corrected chi connectivity index (χ2v) is 4.95. The van der Waals surface area contributed by atoms with Gasteiger partial charge in [0.05, 0.1) is 0 Å². The van der Waals surface area contributed by atoms with Gasteiger partial charge in [-0.3, -0.25) is 4.98 Å². The van der Waals surface area contributed by atoms with Crippen molar-refractivity contribution in [3.8, 4) is 0 Å². The standard InChI is InChI=1S/C13H19ClN2/c1-10-9-15-7-6-12(10)16-13-5-3-2-4-11(13)8-14/h6-7,9,11,13H,2-5,8H2,1H3,(H,15,16). The molecule has 0 saturated heterocycles. The van der Waals surface area contributed by atoms with Crippen molar-refractivity contribution in [1.29, 1.82) is 0 Å². The molecule has 1 aromatic rings. The zero-order valence-electron chi connectivity index (χ0n) is 9.75. The molecule has 1 heterocycles. The van der Waals surface area contributed by atoms with E-state index in [2.05, 4.69) is 23.3 Å². The average Bonchev–Trinajstić information content (AvgIpc) is 2.33. The summed E-state index contributed by atoms with van der Waals surface area (Å²) in [5.41, 5.74) is 2.42. The van der Waals surface area contributed by atoms with Gasteiger partial charge in [0.1, 0.15) is 0 Å². The summed E-state index contributed by atoms with van der Waals surface area (Å²) in [4.78, 5) is 4.11. The molecule has 2 nitrogen and oxygen atoms in total. The minimum absolute atomic E-state index is 0.535. The SMILES string of the molecule is Cc1cnccc1NC1CCCCC1CCl. The normalized spacial score (nSPS) is 25.4. The molecule has 1 fully saturated rings. The fourth-order valence-corrected chi connectivity index (χ4v) is 2.79. The Kier molecular flexibility index (Phi) is 4.05. The lowest BCUT2D eigenvalue weighted by atomic mass is 9.85. The predicted molar refractivity (Wildman–Crippen MR) is 69.1 cm³/mol. The first kappa shape index (κ1) is 11.7. The minimum atomic E-state index is 0.535. The van der Waals surface area contributed by atoms with Gasteiger partial charge >= 0.3 is 0 Å². The highest BCUT2D eigenvalue weighted by molar-refractivity contribution is 6.18. The first-order chi connectivity index (χ1) is 7.81. The van der Waals surface area contributed by atoms with Crippen LogP contribution in [-0.2, 0) is 0 Å². The third-order valence-corrected chi connectivity index (χ3v) is 3.86. The summed E-state index contributed by atoms with van der Waals surface area (Å²) in [6, 6.07) is 2.59. The van der Waals surface area contributed by atoms with Crippen LogP contribution >= 0.6 is 11.6 Å². The van der Waals surface area contributed by atoms with Crippen molar-refractivity contribution in [2.75, 3.05) is 11.2 Å². The van der Waals surface area contributed by atoms with E-state index < -0.39 is 0 Å². The molecule has 2 rings (SSSR count). The lowest BCUT2D eigenvalue weighted by molar-refractivity contribution is 0.353. The number of rotatable bonds is 3. The minimum Gasteiger partial charge on any atom is -0.382 e. The van der Waals surface area contributed by atoms with Gasteiger partial charge in [0.2, 0.25) is 0 Å². The smallest absolute Gasteiger partial charge is 0.0403 e. The van der Waals surface area contributed by atoms with Crippen LogP contribution in [0.5, 0.6) is 0 Å². The molecule has 1 aliphatic rings. The highest BCUT2D eigenvalue weighted by Gasteiger charge is 2.24. The number of halogens is 1. The van der Waals surface area contributed by atoms with E-state index in [1.807, 2.05) is 12.4 Å². The van der Waals surface area contributed by atoms with Crippen LogP contribution in [0.2, 0.25) is 0 Å². The van der Waals surface area contributed by atoms with Crippen LogP contribution in [0.3, 0.4) is 0 Å². The molecule has 1 N–H and O–H groups in total. The second kappa shape index (κ2) is 5.53. The Labute approximate surface area is 102 Å². The van der Waals surface area contributed by atoms with Gasteiger partial charge in [0.15, 0.2) is 0 Å². The molecular formula is C13H19ClN2. The number of anilines is 1. The number of pyridine rings is 1. The van der Waals surface area contributed by atoms with E-state index in [4.69, 9.17) is 11.6 Å². The van der Waals surface area contributed by atoms with Gasteiger partial charge in [0, 0.05) is 30.0 Å². The third-order valence-electron chi connectivity index (χ3n) is 3.47. The van der Waals surface area contributed by atoms with Gasteiger partial charge in [-0.25, -0.2) is 0 Å². The number of aromatic nitrogens is 1. The quantitative estimate of drug-likeness (QED) is 0.814. The van der Waals surface area contributed by atoms with Crippen LogP contribution in [0, 0.1) is 12.8 Å². The topological polar surface area (TPSA) is 24.9 Å². The lowest BCUT2D eigenvalue weighted by Gasteiger charge is -2.32. The van der Waals surface area contributed by atoms with E-state index in [9.17, 15) is 0 Å². The molecule has 0 aliphatic heterocycles. The maximum atomic E-state index is 6.03. The molecule has 0 radical (unpaired) electrons. The summed E-state index contributed by atoms with van der Waals surface area (Å²) < 4.78 is 0. The third kappa shape index (κ3) is 2.67. The maximum absolute atomic E-state index is 6.03. The summed E-state index contributed by atoms with van der Waals surface area (Å²) in [7, 11) is 0. The highest BCUT2D eigenvalue weighted by atomic mass is 35.5. The van der Waals surface area contributed by atoms with Crippen molar-refractivity contribution in [2.24, 2.45) is 5.92 Å². The summed E-state index contributed by atoms with van der Waals surface area (Å²) in [6.45, 7) is 2.09. The number of alkyl halides is 1. The largest absolute Gasteiger partial charge is 0.382 e. The van der Waals surface area contributed by atoms with E-state index in [0.29, 0.717) is 12.0 Å². The van der Waals surface area contributed by atoms with E-state index in [1.54, 1.807) is 0 Å². The van der Waals surface area contributed by atoms with Crippen molar-refractivity contribution in [2.45, 2.75) is 38.6 Å².